The van der Waals surface area contributed by atoms with Crippen molar-refractivity contribution < 1.29 is 38.0 Å². The van der Waals surface area contributed by atoms with E-state index in [1.54, 1.807) is 24.5 Å². The van der Waals surface area contributed by atoms with Crippen molar-refractivity contribution in [2.75, 3.05) is 67.3 Å². The zero-order chi connectivity index (χ0) is 26.8. The number of rotatable bonds is 14. The summed E-state index contributed by atoms with van der Waals surface area (Å²) in [5.41, 5.74) is 0.451. The molecule has 1 aliphatic heterocycles. The van der Waals surface area contributed by atoms with Crippen molar-refractivity contribution in [3.8, 4) is 17.2 Å². The third-order valence-electron chi connectivity index (χ3n) is 6.03. The van der Waals surface area contributed by atoms with Gasteiger partial charge in [0, 0.05) is 38.3 Å². The molecule has 2 atom stereocenters. The van der Waals surface area contributed by atoms with Crippen LogP contribution in [-0.2, 0) is 16.1 Å². The second-order valence-corrected chi connectivity index (χ2v) is 9.52. The monoisotopic (exact) mass is 520 g/mol. The normalized spacial score (nSPS) is 17.0. The van der Waals surface area contributed by atoms with Gasteiger partial charge in [-0.15, -0.1) is 0 Å². The number of amides is 1. The number of carbonyl (C=O) groups excluding carboxylic acids is 1. The molecular formula is C27H40N2O8. The molecule has 1 aromatic heterocycles. The summed E-state index contributed by atoms with van der Waals surface area (Å²) >= 11 is 0. The van der Waals surface area contributed by atoms with Crippen LogP contribution in [0.15, 0.2) is 34.9 Å². The van der Waals surface area contributed by atoms with Gasteiger partial charge in [-0.25, -0.2) is 0 Å². The fourth-order valence-corrected chi connectivity index (χ4v) is 4.41. The van der Waals surface area contributed by atoms with Crippen molar-refractivity contribution in [1.29, 1.82) is 0 Å². The highest BCUT2D eigenvalue weighted by atomic mass is 16.5. The number of nitrogens with zero attached hydrogens (tertiary/aromatic N) is 2. The van der Waals surface area contributed by atoms with Crippen molar-refractivity contribution in [3.63, 3.8) is 0 Å². The largest absolute Gasteiger partial charge is 0.493 e. The van der Waals surface area contributed by atoms with Gasteiger partial charge in [0.1, 0.15) is 12.4 Å². The van der Waals surface area contributed by atoms with Crippen LogP contribution >= 0.6 is 0 Å². The van der Waals surface area contributed by atoms with Crippen LogP contribution < -0.4 is 14.2 Å². The molecule has 10 nitrogen and oxygen atoms in total. The molecule has 3 rings (SSSR count). The number of aliphatic hydroxyl groups excluding tert-OH is 1. The van der Waals surface area contributed by atoms with Crippen LogP contribution in [0, 0.1) is 5.92 Å². The minimum Gasteiger partial charge on any atom is -0.493 e. The molecule has 1 aromatic carbocycles. The van der Waals surface area contributed by atoms with E-state index in [2.05, 4.69) is 18.7 Å². The summed E-state index contributed by atoms with van der Waals surface area (Å²) in [4.78, 5) is 17.6. The average molecular weight is 521 g/mol. The van der Waals surface area contributed by atoms with Crippen LogP contribution in [0.2, 0.25) is 0 Å². The van der Waals surface area contributed by atoms with Gasteiger partial charge < -0.3 is 38.1 Å². The van der Waals surface area contributed by atoms with E-state index in [4.69, 9.17) is 28.1 Å². The van der Waals surface area contributed by atoms with Crippen molar-refractivity contribution in [2.24, 2.45) is 5.92 Å². The molecule has 0 spiro atoms. The van der Waals surface area contributed by atoms with Crippen LogP contribution in [0.1, 0.15) is 30.0 Å². The Kier molecular flexibility index (Phi) is 11.1. The number of benzene rings is 1. The van der Waals surface area contributed by atoms with Crippen molar-refractivity contribution >= 4 is 5.91 Å². The summed E-state index contributed by atoms with van der Waals surface area (Å²) in [7, 11) is 4.58. The number of carbonyl (C=O) groups is 1. The molecule has 0 unspecified atom stereocenters. The Bertz CT molecular complexity index is 940. The lowest BCUT2D eigenvalue weighted by atomic mass is 10.1. The van der Waals surface area contributed by atoms with Crippen LogP contribution in [0.5, 0.6) is 17.2 Å². The molecule has 1 amide bonds. The third-order valence-corrected chi connectivity index (χ3v) is 6.03. The summed E-state index contributed by atoms with van der Waals surface area (Å²) < 4.78 is 33.1. The number of β-amino-alcohol motifs (C(OH)–C–C–N with tert-alkyl or cyclic N) is 1. The van der Waals surface area contributed by atoms with E-state index in [0.29, 0.717) is 68.7 Å². The fraction of sp³-hybridized carbons (Fsp3) is 0.593. The number of aliphatic hydroxyl groups is 1. The quantitative estimate of drug-likeness (QED) is 0.403. The molecule has 206 valence electrons. The van der Waals surface area contributed by atoms with Gasteiger partial charge in [-0.2, -0.15) is 0 Å². The third kappa shape index (κ3) is 8.36. The fourth-order valence-electron chi connectivity index (χ4n) is 4.41. The number of morpholine rings is 1. The smallest absolute Gasteiger partial charge is 0.254 e. The summed E-state index contributed by atoms with van der Waals surface area (Å²) in [6, 6.07) is 6.98. The molecule has 0 aliphatic carbocycles. The Balaban J connectivity index is 1.62. The highest BCUT2D eigenvalue weighted by Crippen LogP contribution is 2.38. The second-order valence-electron chi connectivity index (χ2n) is 9.52. The van der Waals surface area contributed by atoms with Gasteiger partial charge in [0.05, 0.1) is 53.0 Å². The lowest BCUT2D eigenvalue weighted by molar-refractivity contribution is -0.0608. The first-order valence-electron chi connectivity index (χ1n) is 12.6. The summed E-state index contributed by atoms with van der Waals surface area (Å²) in [5.74, 6) is 2.14. The molecule has 0 saturated carbocycles. The van der Waals surface area contributed by atoms with E-state index in [1.807, 2.05) is 11.0 Å². The molecule has 1 saturated heterocycles. The minimum absolute atomic E-state index is 0.139. The summed E-state index contributed by atoms with van der Waals surface area (Å²) in [6.45, 7) is 7.97. The molecular weight excluding hydrogens is 480 g/mol. The van der Waals surface area contributed by atoms with Gasteiger partial charge in [-0.05, 0) is 30.2 Å². The molecule has 2 aromatic rings. The predicted octanol–water partition coefficient (Wildman–Crippen LogP) is 2.68. The molecule has 0 bridgehead atoms. The van der Waals surface area contributed by atoms with Crippen molar-refractivity contribution in [1.82, 2.24) is 9.80 Å². The number of ether oxygens (including phenoxy) is 5. The minimum atomic E-state index is -0.638. The van der Waals surface area contributed by atoms with E-state index >= 15 is 0 Å². The molecule has 37 heavy (non-hydrogen) atoms. The maximum Gasteiger partial charge on any atom is 0.254 e. The van der Waals surface area contributed by atoms with Crippen molar-refractivity contribution in [2.45, 2.75) is 32.7 Å². The number of methoxy groups -OCH3 is 3. The molecule has 1 fully saturated rings. The van der Waals surface area contributed by atoms with E-state index in [0.717, 1.165) is 5.76 Å². The second kappa shape index (κ2) is 14.2. The highest BCUT2D eigenvalue weighted by molar-refractivity contribution is 5.95. The Labute approximate surface area is 219 Å². The van der Waals surface area contributed by atoms with Gasteiger partial charge in [-0.1, -0.05) is 13.8 Å². The molecule has 1 aliphatic rings. The van der Waals surface area contributed by atoms with Gasteiger partial charge in [0.2, 0.25) is 5.75 Å². The van der Waals surface area contributed by atoms with E-state index in [1.165, 1.54) is 21.3 Å². The summed E-state index contributed by atoms with van der Waals surface area (Å²) in [5, 5.41) is 10.5. The Hall–Kier alpha value is -2.79. The van der Waals surface area contributed by atoms with Crippen molar-refractivity contribution in [3.05, 3.63) is 41.9 Å². The Morgan fingerprint density at radius 3 is 2.51 bits per heavy atom. The Morgan fingerprint density at radius 1 is 1.19 bits per heavy atom. The predicted molar refractivity (Wildman–Crippen MR) is 137 cm³/mol. The number of hydrogen-bond donors (Lipinski definition) is 1. The zero-order valence-corrected chi connectivity index (χ0v) is 22.5. The zero-order valence-electron chi connectivity index (χ0n) is 22.5. The average Bonchev–Trinajstić information content (AvgIpc) is 3.40. The first-order valence-corrected chi connectivity index (χ1v) is 12.6. The van der Waals surface area contributed by atoms with Crippen LogP contribution in [0.4, 0.5) is 0 Å². The molecule has 10 heteroatoms. The van der Waals surface area contributed by atoms with Gasteiger partial charge in [-0.3, -0.25) is 9.69 Å². The van der Waals surface area contributed by atoms with E-state index in [-0.39, 0.29) is 24.5 Å². The van der Waals surface area contributed by atoms with E-state index < -0.39 is 6.10 Å². The van der Waals surface area contributed by atoms with Gasteiger partial charge >= 0.3 is 0 Å². The number of furan rings is 1. The SMILES string of the molecule is COc1cc(C(=O)N(CC(C)C)C[C@@H]2CN(C[C@@H](O)COCc3ccco3)CCO2)cc(OC)c1OC. The highest BCUT2D eigenvalue weighted by Gasteiger charge is 2.28. The topological polar surface area (TPSA) is 103 Å². The van der Waals surface area contributed by atoms with Crippen LogP contribution in [0.25, 0.3) is 0 Å². The number of hydrogen-bond acceptors (Lipinski definition) is 9. The maximum atomic E-state index is 13.6. The Morgan fingerprint density at radius 2 is 1.92 bits per heavy atom. The molecule has 2 heterocycles. The first-order chi connectivity index (χ1) is 17.8. The van der Waals surface area contributed by atoms with E-state index in [9.17, 15) is 9.90 Å². The lowest BCUT2D eigenvalue weighted by Crippen LogP contribution is -2.51. The summed E-state index contributed by atoms with van der Waals surface area (Å²) in [6.07, 6.45) is 0.772. The van der Waals surface area contributed by atoms with Gasteiger partial charge in [0.25, 0.3) is 5.91 Å². The van der Waals surface area contributed by atoms with Gasteiger partial charge in [0.15, 0.2) is 11.5 Å². The maximum absolute atomic E-state index is 13.6. The van der Waals surface area contributed by atoms with Crippen LogP contribution in [0.3, 0.4) is 0 Å². The van der Waals surface area contributed by atoms with Crippen LogP contribution in [-0.4, -0.2) is 100 Å². The first kappa shape index (κ1) is 28.8. The molecule has 0 radical (unpaired) electrons. The standard InChI is InChI=1S/C27H40N2O8/c1-19(2)13-29(27(31)20-11-24(32-3)26(34-5)25(12-20)33-4)16-23-15-28(8-10-37-23)14-21(30)17-35-18-22-7-6-9-36-22/h6-7,9,11-12,19,21,23,30H,8,10,13-18H2,1-5H3/t21-,23+/m1/s1. The molecule has 1 N–H and O–H groups in total. The lowest BCUT2D eigenvalue weighted by Gasteiger charge is -2.37.